The van der Waals surface area contributed by atoms with E-state index in [2.05, 4.69) is 44.8 Å². The fourth-order valence-electron chi connectivity index (χ4n) is 3.00. The van der Waals surface area contributed by atoms with E-state index in [-0.39, 0.29) is 0 Å². The Morgan fingerprint density at radius 2 is 1.89 bits per heavy atom. The maximum Gasteiger partial charge on any atom is 0.0244 e. The molecule has 0 aromatic carbocycles. The van der Waals surface area contributed by atoms with Crippen molar-refractivity contribution >= 4 is 0 Å². The van der Waals surface area contributed by atoms with Gasteiger partial charge in [0.25, 0.3) is 0 Å². The summed E-state index contributed by atoms with van der Waals surface area (Å²) >= 11 is 0. The number of rotatable bonds is 7. The summed E-state index contributed by atoms with van der Waals surface area (Å²) < 4.78 is 0. The van der Waals surface area contributed by atoms with Crippen LogP contribution in [-0.2, 0) is 0 Å². The summed E-state index contributed by atoms with van der Waals surface area (Å²) in [7, 11) is 0. The Hall–Kier alpha value is -0.0800. The van der Waals surface area contributed by atoms with E-state index in [4.69, 9.17) is 0 Å². The summed E-state index contributed by atoms with van der Waals surface area (Å²) in [4.78, 5) is 2.76. The quantitative estimate of drug-likeness (QED) is 0.699. The fourth-order valence-corrected chi connectivity index (χ4v) is 3.00. The first kappa shape index (κ1) is 16.0. The average Bonchev–Trinajstić information content (AvgIpc) is 2.37. The van der Waals surface area contributed by atoms with Crippen molar-refractivity contribution in [2.45, 2.75) is 72.4 Å². The Labute approximate surface area is 115 Å². The third-order valence-corrected chi connectivity index (χ3v) is 4.64. The van der Waals surface area contributed by atoms with E-state index in [1.165, 1.54) is 45.3 Å². The van der Waals surface area contributed by atoms with Gasteiger partial charge in [-0.1, -0.05) is 53.9 Å². The van der Waals surface area contributed by atoms with Gasteiger partial charge in [-0.2, -0.15) is 0 Å². The molecule has 2 nitrogen and oxygen atoms in total. The van der Waals surface area contributed by atoms with Crippen LogP contribution >= 0.6 is 0 Å². The highest BCUT2D eigenvalue weighted by atomic mass is 15.2. The van der Waals surface area contributed by atoms with Gasteiger partial charge in [0.05, 0.1) is 0 Å². The number of piperazine rings is 1. The molecule has 1 aliphatic heterocycles. The summed E-state index contributed by atoms with van der Waals surface area (Å²) in [5, 5.41) is 3.78. The lowest BCUT2D eigenvalue weighted by Crippen LogP contribution is -2.60. The first-order valence-electron chi connectivity index (χ1n) is 8.07. The minimum Gasteiger partial charge on any atom is -0.311 e. The maximum absolute atomic E-state index is 3.78. The second-order valence-electron chi connectivity index (χ2n) is 6.41. The topological polar surface area (TPSA) is 15.3 Å². The number of hydrogen-bond donors (Lipinski definition) is 1. The molecule has 3 atom stereocenters. The van der Waals surface area contributed by atoms with Crippen molar-refractivity contribution < 1.29 is 0 Å². The second kappa shape index (κ2) is 8.16. The van der Waals surface area contributed by atoms with Gasteiger partial charge in [0.2, 0.25) is 0 Å². The Morgan fingerprint density at radius 3 is 2.44 bits per heavy atom. The molecule has 2 heteroatoms. The van der Waals surface area contributed by atoms with Crippen LogP contribution in [0, 0.1) is 11.8 Å². The summed E-state index contributed by atoms with van der Waals surface area (Å²) in [6.45, 7) is 15.4. The minimum atomic E-state index is 0.701. The monoisotopic (exact) mass is 254 g/mol. The molecule has 0 saturated carbocycles. The van der Waals surface area contributed by atoms with Crippen LogP contribution in [0.25, 0.3) is 0 Å². The van der Waals surface area contributed by atoms with E-state index in [9.17, 15) is 0 Å². The molecule has 1 aliphatic rings. The van der Waals surface area contributed by atoms with Gasteiger partial charge in [0.15, 0.2) is 0 Å². The summed E-state index contributed by atoms with van der Waals surface area (Å²) in [6, 6.07) is 1.44. The number of nitrogens with zero attached hydrogens (tertiary/aromatic N) is 1. The van der Waals surface area contributed by atoms with Crippen molar-refractivity contribution in [1.82, 2.24) is 10.2 Å². The lowest BCUT2D eigenvalue weighted by molar-refractivity contribution is 0.0804. The van der Waals surface area contributed by atoms with E-state index < -0.39 is 0 Å². The maximum atomic E-state index is 3.78. The van der Waals surface area contributed by atoms with E-state index in [1.54, 1.807) is 0 Å². The molecule has 0 spiro atoms. The summed E-state index contributed by atoms with van der Waals surface area (Å²) in [5.41, 5.74) is 0. The lowest BCUT2D eigenvalue weighted by atomic mass is 9.92. The highest BCUT2D eigenvalue weighted by Gasteiger charge is 2.31. The molecule has 1 N–H and O–H groups in total. The molecule has 1 heterocycles. The molecule has 0 aromatic rings. The molecule has 1 fully saturated rings. The molecule has 1 saturated heterocycles. The molecule has 3 unspecified atom stereocenters. The predicted octanol–water partition coefficient (Wildman–Crippen LogP) is 3.52. The van der Waals surface area contributed by atoms with Crippen molar-refractivity contribution in [2.24, 2.45) is 11.8 Å². The van der Waals surface area contributed by atoms with Gasteiger partial charge in [0.1, 0.15) is 0 Å². The Balaban J connectivity index is 2.52. The normalized spacial score (nSPS) is 27.7. The van der Waals surface area contributed by atoms with Gasteiger partial charge in [0, 0.05) is 25.2 Å². The van der Waals surface area contributed by atoms with Gasteiger partial charge in [-0.15, -0.1) is 0 Å². The number of nitrogens with one attached hydrogen (secondary N) is 1. The van der Waals surface area contributed by atoms with E-state index >= 15 is 0 Å². The van der Waals surface area contributed by atoms with Crippen molar-refractivity contribution in [1.29, 1.82) is 0 Å². The van der Waals surface area contributed by atoms with E-state index in [1.807, 2.05) is 0 Å². The predicted molar refractivity (Wildman–Crippen MR) is 81.0 cm³/mol. The molecule has 18 heavy (non-hydrogen) atoms. The smallest absolute Gasteiger partial charge is 0.0244 e. The largest absolute Gasteiger partial charge is 0.311 e. The molecule has 0 radical (unpaired) electrons. The number of unbranched alkanes of at least 4 members (excludes halogenated alkanes) is 2. The zero-order valence-corrected chi connectivity index (χ0v) is 13.2. The Morgan fingerprint density at radius 1 is 1.17 bits per heavy atom. The van der Waals surface area contributed by atoms with Gasteiger partial charge >= 0.3 is 0 Å². The van der Waals surface area contributed by atoms with Gasteiger partial charge in [-0.3, -0.25) is 4.90 Å². The molecular formula is C16H34N2. The molecular weight excluding hydrogens is 220 g/mol. The Bertz CT molecular complexity index is 215. The minimum absolute atomic E-state index is 0.701. The fraction of sp³-hybridized carbons (Fsp3) is 1.00. The SMILES string of the molecule is CCCCCN1CC(C(C)CC)NCC1C(C)C. The van der Waals surface area contributed by atoms with Crippen LogP contribution in [0.1, 0.15) is 60.3 Å². The first-order valence-corrected chi connectivity index (χ1v) is 8.07. The van der Waals surface area contributed by atoms with E-state index in [0.29, 0.717) is 6.04 Å². The molecule has 108 valence electrons. The molecule has 0 bridgehead atoms. The van der Waals surface area contributed by atoms with Crippen molar-refractivity contribution in [2.75, 3.05) is 19.6 Å². The first-order chi connectivity index (χ1) is 8.60. The van der Waals surface area contributed by atoms with Crippen LogP contribution in [0.2, 0.25) is 0 Å². The zero-order chi connectivity index (χ0) is 13.5. The highest BCUT2D eigenvalue weighted by Crippen LogP contribution is 2.20. The van der Waals surface area contributed by atoms with Crippen LogP contribution in [0.3, 0.4) is 0 Å². The van der Waals surface area contributed by atoms with Crippen LogP contribution in [0.5, 0.6) is 0 Å². The molecule has 0 amide bonds. The number of hydrogen-bond acceptors (Lipinski definition) is 2. The lowest BCUT2D eigenvalue weighted by Gasteiger charge is -2.44. The van der Waals surface area contributed by atoms with Crippen molar-refractivity contribution in [3.8, 4) is 0 Å². The summed E-state index contributed by atoms with van der Waals surface area (Å²) in [5.74, 6) is 1.56. The van der Waals surface area contributed by atoms with Crippen LogP contribution in [0.4, 0.5) is 0 Å². The van der Waals surface area contributed by atoms with Gasteiger partial charge in [-0.05, 0) is 24.8 Å². The molecule has 1 rings (SSSR count). The van der Waals surface area contributed by atoms with Crippen molar-refractivity contribution in [3.63, 3.8) is 0 Å². The van der Waals surface area contributed by atoms with Crippen LogP contribution in [-0.4, -0.2) is 36.6 Å². The molecule has 0 aromatic heterocycles. The van der Waals surface area contributed by atoms with Crippen LogP contribution < -0.4 is 5.32 Å². The zero-order valence-electron chi connectivity index (χ0n) is 13.2. The van der Waals surface area contributed by atoms with Crippen LogP contribution in [0.15, 0.2) is 0 Å². The standard InChI is InChI=1S/C16H34N2/c1-6-8-9-10-18-12-15(14(5)7-2)17-11-16(18)13(3)4/h13-17H,6-12H2,1-5H3. The highest BCUT2D eigenvalue weighted by molar-refractivity contribution is 4.89. The average molecular weight is 254 g/mol. The summed E-state index contributed by atoms with van der Waals surface area (Å²) in [6.07, 6.45) is 5.36. The van der Waals surface area contributed by atoms with E-state index in [0.717, 1.165) is 17.9 Å². The third kappa shape index (κ3) is 4.55. The molecule has 0 aliphatic carbocycles. The second-order valence-corrected chi connectivity index (χ2v) is 6.41. The Kier molecular flexibility index (Phi) is 7.25. The third-order valence-electron chi connectivity index (χ3n) is 4.64. The van der Waals surface area contributed by atoms with Crippen molar-refractivity contribution in [3.05, 3.63) is 0 Å². The van der Waals surface area contributed by atoms with Gasteiger partial charge < -0.3 is 5.32 Å². The van der Waals surface area contributed by atoms with Gasteiger partial charge in [-0.25, -0.2) is 0 Å².